The molecule has 1 heterocycles. The molecule has 1 saturated heterocycles. The highest BCUT2D eigenvalue weighted by Gasteiger charge is 2.52. The van der Waals surface area contributed by atoms with E-state index < -0.39 is 48.0 Å². The van der Waals surface area contributed by atoms with Crippen LogP contribution in [0.3, 0.4) is 0 Å². The average molecular weight is 435 g/mol. The van der Waals surface area contributed by atoms with Gasteiger partial charge in [-0.25, -0.2) is 4.79 Å². The van der Waals surface area contributed by atoms with Gasteiger partial charge in [0.2, 0.25) is 11.8 Å². The lowest BCUT2D eigenvalue weighted by molar-refractivity contribution is -0.144. The van der Waals surface area contributed by atoms with E-state index in [0.29, 0.717) is 12.0 Å². The van der Waals surface area contributed by atoms with Crippen LogP contribution in [0, 0.1) is 5.92 Å². The number of amides is 3. The maximum Gasteiger partial charge on any atom is 0.338 e. The van der Waals surface area contributed by atoms with E-state index in [4.69, 9.17) is 15.2 Å². The van der Waals surface area contributed by atoms with Crippen LogP contribution in [0.25, 0.3) is 0 Å². The SMILES string of the molecule is CCOC(=O)[C@@H]1O[C@H]1C(=O)N[C@@H](CC(C)C)C(=O)N[C@@H](Cc1ccc(O)cc1)C(N)=O. The Hall–Kier alpha value is -3.14. The summed E-state index contributed by atoms with van der Waals surface area (Å²) in [6, 6.07) is 4.21. The topological polar surface area (TPSA) is 160 Å². The largest absolute Gasteiger partial charge is 0.508 e. The molecule has 1 aliphatic rings. The molecule has 10 heteroatoms. The summed E-state index contributed by atoms with van der Waals surface area (Å²) in [5.41, 5.74) is 6.13. The first kappa shape index (κ1) is 24.1. The van der Waals surface area contributed by atoms with Gasteiger partial charge in [0.05, 0.1) is 6.61 Å². The zero-order valence-corrected chi connectivity index (χ0v) is 17.8. The van der Waals surface area contributed by atoms with Gasteiger partial charge in [0, 0.05) is 6.42 Å². The van der Waals surface area contributed by atoms with Gasteiger partial charge in [-0.3, -0.25) is 14.4 Å². The van der Waals surface area contributed by atoms with Crippen LogP contribution in [0.2, 0.25) is 0 Å². The Morgan fingerprint density at radius 2 is 1.74 bits per heavy atom. The van der Waals surface area contributed by atoms with Gasteiger partial charge in [-0.2, -0.15) is 0 Å². The van der Waals surface area contributed by atoms with E-state index in [2.05, 4.69) is 10.6 Å². The molecule has 10 nitrogen and oxygen atoms in total. The lowest BCUT2D eigenvalue weighted by atomic mass is 10.0. The zero-order chi connectivity index (χ0) is 23.1. The Balaban J connectivity index is 2.02. The minimum Gasteiger partial charge on any atom is -0.508 e. The number of carbonyl (C=O) groups excluding carboxylic acids is 4. The quantitative estimate of drug-likeness (QED) is 0.276. The molecule has 3 amide bonds. The van der Waals surface area contributed by atoms with Crippen LogP contribution in [-0.2, 0) is 35.1 Å². The summed E-state index contributed by atoms with van der Waals surface area (Å²) >= 11 is 0. The smallest absolute Gasteiger partial charge is 0.338 e. The molecule has 1 aromatic carbocycles. The molecule has 1 fully saturated rings. The summed E-state index contributed by atoms with van der Waals surface area (Å²) in [6.07, 6.45) is -1.56. The number of ether oxygens (including phenoxy) is 2. The van der Waals surface area contributed by atoms with Crippen molar-refractivity contribution >= 4 is 23.7 Å². The van der Waals surface area contributed by atoms with Gasteiger partial charge in [-0.05, 0) is 37.0 Å². The Morgan fingerprint density at radius 3 is 2.29 bits per heavy atom. The van der Waals surface area contributed by atoms with Gasteiger partial charge >= 0.3 is 5.97 Å². The molecule has 0 aromatic heterocycles. The number of nitrogens with one attached hydrogen (secondary N) is 2. The predicted molar refractivity (Wildman–Crippen MR) is 110 cm³/mol. The third-order valence-electron chi connectivity index (χ3n) is 4.65. The highest BCUT2D eigenvalue weighted by Crippen LogP contribution is 2.24. The number of aromatic hydroxyl groups is 1. The van der Waals surface area contributed by atoms with Crippen LogP contribution < -0.4 is 16.4 Å². The molecule has 1 aromatic rings. The van der Waals surface area contributed by atoms with E-state index in [9.17, 15) is 24.3 Å². The Morgan fingerprint density at radius 1 is 1.10 bits per heavy atom. The van der Waals surface area contributed by atoms with Crippen LogP contribution >= 0.6 is 0 Å². The first-order chi connectivity index (χ1) is 14.6. The number of hydrogen-bond acceptors (Lipinski definition) is 7. The number of benzene rings is 1. The average Bonchev–Trinajstić information content (AvgIpc) is 3.49. The van der Waals surface area contributed by atoms with Gasteiger partial charge < -0.3 is 30.9 Å². The summed E-state index contributed by atoms with van der Waals surface area (Å²) in [6.45, 7) is 5.57. The molecule has 170 valence electrons. The number of carbonyl (C=O) groups is 4. The van der Waals surface area contributed by atoms with Crippen molar-refractivity contribution in [1.29, 1.82) is 0 Å². The number of hydrogen-bond donors (Lipinski definition) is 4. The van der Waals surface area contributed by atoms with Crippen molar-refractivity contribution in [2.24, 2.45) is 11.7 Å². The Labute approximate surface area is 180 Å². The lowest BCUT2D eigenvalue weighted by Crippen LogP contribution is -2.54. The molecule has 0 radical (unpaired) electrons. The standard InChI is InChI=1S/C21H29N3O7/c1-4-30-21(29)17-16(31-17)20(28)24-15(9-11(2)3)19(27)23-14(18(22)26)10-12-5-7-13(25)8-6-12/h5-8,11,14-17,25H,4,9-10H2,1-3H3,(H2,22,26)(H,23,27)(H,24,28)/t14-,15-,16+,17+/m0/s1. The van der Waals surface area contributed by atoms with Gasteiger partial charge in [-0.1, -0.05) is 26.0 Å². The maximum atomic E-state index is 12.8. The van der Waals surface area contributed by atoms with Gasteiger partial charge in [0.1, 0.15) is 17.8 Å². The summed E-state index contributed by atoms with van der Waals surface area (Å²) in [4.78, 5) is 48.8. The number of rotatable bonds is 11. The second-order valence-electron chi connectivity index (χ2n) is 7.75. The maximum absolute atomic E-state index is 12.8. The van der Waals surface area contributed by atoms with Gasteiger partial charge in [0.15, 0.2) is 12.2 Å². The highest BCUT2D eigenvalue weighted by molar-refractivity contribution is 5.96. The molecule has 5 N–H and O–H groups in total. The van der Waals surface area contributed by atoms with Crippen molar-refractivity contribution in [1.82, 2.24) is 10.6 Å². The lowest BCUT2D eigenvalue weighted by Gasteiger charge is -2.23. The van der Waals surface area contributed by atoms with E-state index in [1.165, 1.54) is 12.1 Å². The number of epoxide rings is 1. The summed E-state index contributed by atoms with van der Waals surface area (Å²) < 4.78 is 9.89. The molecule has 2 rings (SSSR count). The molecular formula is C21H29N3O7. The van der Waals surface area contributed by atoms with Crippen LogP contribution in [0.5, 0.6) is 5.75 Å². The van der Waals surface area contributed by atoms with E-state index in [0.717, 1.165) is 0 Å². The minimum absolute atomic E-state index is 0.0566. The third kappa shape index (κ3) is 7.25. The molecule has 4 atom stereocenters. The van der Waals surface area contributed by atoms with Crippen molar-refractivity contribution in [2.75, 3.05) is 6.61 Å². The summed E-state index contributed by atoms with van der Waals surface area (Å²) in [7, 11) is 0. The number of phenolic OH excluding ortho intramolecular Hbond substituents is 1. The van der Waals surface area contributed by atoms with E-state index >= 15 is 0 Å². The first-order valence-electron chi connectivity index (χ1n) is 10.1. The fourth-order valence-corrected chi connectivity index (χ4v) is 3.03. The molecule has 0 aliphatic carbocycles. The number of esters is 1. The van der Waals surface area contributed by atoms with E-state index in [-0.39, 0.29) is 24.7 Å². The van der Waals surface area contributed by atoms with Crippen molar-refractivity contribution in [3.63, 3.8) is 0 Å². The van der Waals surface area contributed by atoms with E-state index in [1.807, 2.05) is 13.8 Å². The number of nitrogens with two attached hydrogens (primary N) is 1. The Bertz CT molecular complexity index is 810. The van der Waals surface area contributed by atoms with Crippen LogP contribution in [-0.4, -0.2) is 59.7 Å². The molecule has 0 saturated carbocycles. The molecule has 31 heavy (non-hydrogen) atoms. The zero-order valence-electron chi connectivity index (χ0n) is 17.8. The molecule has 0 unspecified atom stereocenters. The monoisotopic (exact) mass is 435 g/mol. The summed E-state index contributed by atoms with van der Waals surface area (Å²) in [5, 5.41) is 14.5. The third-order valence-corrected chi connectivity index (χ3v) is 4.65. The fourth-order valence-electron chi connectivity index (χ4n) is 3.03. The van der Waals surface area contributed by atoms with Crippen LogP contribution in [0.15, 0.2) is 24.3 Å². The second-order valence-corrected chi connectivity index (χ2v) is 7.75. The predicted octanol–water partition coefficient (Wildman–Crippen LogP) is -0.234. The normalized spacial score (nSPS) is 19.2. The molecule has 1 aliphatic heterocycles. The van der Waals surface area contributed by atoms with E-state index in [1.54, 1.807) is 19.1 Å². The van der Waals surface area contributed by atoms with Crippen LogP contribution in [0.4, 0.5) is 0 Å². The van der Waals surface area contributed by atoms with Gasteiger partial charge in [0.25, 0.3) is 5.91 Å². The van der Waals surface area contributed by atoms with Crippen molar-refractivity contribution in [3.05, 3.63) is 29.8 Å². The molecule has 0 spiro atoms. The van der Waals surface area contributed by atoms with Gasteiger partial charge in [-0.15, -0.1) is 0 Å². The second kappa shape index (κ2) is 10.8. The first-order valence-corrected chi connectivity index (χ1v) is 10.1. The fraction of sp³-hybridized carbons (Fsp3) is 0.524. The van der Waals surface area contributed by atoms with Crippen LogP contribution in [0.1, 0.15) is 32.8 Å². The molecular weight excluding hydrogens is 406 g/mol. The van der Waals surface area contributed by atoms with Crippen molar-refractivity contribution < 1.29 is 33.8 Å². The summed E-state index contributed by atoms with van der Waals surface area (Å²) in [5.74, 6) is -2.40. The Kier molecular flexibility index (Phi) is 8.38. The molecule has 0 bridgehead atoms. The highest BCUT2D eigenvalue weighted by atomic mass is 16.6. The number of phenols is 1. The van der Waals surface area contributed by atoms with Crippen molar-refractivity contribution in [2.45, 2.75) is 57.9 Å². The minimum atomic E-state index is -1.01. The van der Waals surface area contributed by atoms with Crippen molar-refractivity contribution in [3.8, 4) is 5.75 Å². The number of primary amides is 1.